The molecule has 1 N–H and O–H groups in total. The van der Waals surface area contributed by atoms with E-state index in [0.717, 1.165) is 6.42 Å². The number of nitrogens with one attached hydrogen (secondary N) is 1. The molecule has 0 aliphatic heterocycles. The molecule has 0 saturated heterocycles. The molecule has 0 radical (unpaired) electrons. The molecule has 0 aliphatic rings. The van der Waals surface area contributed by atoms with Gasteiger partial charge in [0.25, 0.3) is 0 Å². The van der Waals surface area contributed by atoms with E-state index in [1.165, 1.54) is 22.0 Å². The first kappa shape index (κ1) is 9.07. The number of aromatic nitrogens is 1. The van der Waals surface area contributed by atoms with E-state index in [4.69, 9.17) is 0 Å². The second kappa shape index (κ2) is 3.70. The Kier molecular flexibility index (Phi) is 2.40. The van der Waals surface area contributed by atoms with Crippen LogP contribution in [0.2, 0.25) is 0 Å². The lowest BCUT2D eigenvalue weighted by molar-refractivity contribution is 1.23. The summed E-state index contributed by atoms with van der Waals surface area (Å²) in [6.07, 6.45) is 5.29. The predicted molar refractivity (Wildman–Crippen MR) is 61.4 cm³/mol. The van der Waals surface area contributed by atoms with Crippen LogP contribution in [-0.4, -0.2) is 4.98 Å². The second-order valence-corrected chi connectivity index (χ2v) is 3.84. The number of H-pyrrole nitrogens is 1. The molecule has 1 nitrogen and oxygen atoms in total. The number of hydrogen-bond acceptors (Lipinski definition) is 0. The minimum Gasteiger partial charge on any atom is -0.361 e. The highest BCUT2D eigenvalue weighted by molar-refractivity contribution is 5.83. The van der Waals surface area contributed by atoms with Gasteiger partial charge in [-0.2, -0.15) is 0 Å². The third kappa shape index (κ3) is 1.72. The molecule has 0 fully saturated rings. The second-order valence-electron chi connectivity index (χ2n) is 3.84. The van der Waals surface area contributed by atoms with Crippen LogP contribution < -0.4 is 0 Å². The minimum atomic E-state index is 1.03. The topological polar surface area (TPSA) is 15.8 Å². The maximum absolute atomic E-state index is 3.23. The summed E-state index contributed by atoms with van der Waals surface area (Å²) in [4.78, 5) is 3.23. The van der Waals surface area contributed by atoms with Gasteiger partial charge in [-0.25, -0.2) is 0 Å². The van der Waals surface area contributed by atoms with Crippen molar-refractivity contribution in [2.45, 2.75) is 20.3 Å². The summed E-state index contributed by atoms with van der Waals surface area (Å²) in [6.45, 7) is 4.27. The standard InChI is InChI=1S/C13H15N/c1-10(2)6-7-11-4-3-5-13-12(11)8-9-14-13/h3-6,8-9,14H,7H2,1-2H3. The summed E-state index contributed by atoms with van der Waals surface area (Å²) in [5.74, 6) is 0. The lowest BCUT2D eigenvalue weighted by Crippen LogP contribution is -1.82. The molecule has 1 aromatic carbocycles. The maximum atomic E-state index is 3.23. The lowest BCUT2D eigenvalue weighted by Gasteiger charge is -1.99. The predicted octanol–water partition coefficient (Wildman–Crippen LogP) is 3.68. The van der Waals surface area contributed by atoms with Gasteiger partial charge in [-0.3, -0.25) is 0 Å². The molecule has 72 valence electrons. The van der Waals surface area contributed by atoms with Gasteiger partial charge in [0.2, 0.25) is 0 Å². The first-order valence-corrected chi connectivity index (χ1v) is 4.96. The fraction of sp³-hybridized carbons (Fsp3) is 0.231. The normalized spacial score (nSPS) is 10.4. The van der Waals surface area contributed by atoms with E-state index < -0.39 is 0 Å². The van der Waals surface area contributed by atoms with Crippen LogP contribution in [-0.2, 0) is 6.42 Å². The van der Waals surface area contributed by atoms with E-state index in [-0.39, 0.29) is 0 Å². The van der Waals surface area contributed by atoms with Crippen LogP contribution in [0.4, 0.5) is 0 Å². The zero-order valence-electron chi connectivity index (χ0n) is 8.67. The molecule has 0 atom stereocenters. The monoisotopic (exact) mass is 185 g/mol. The zero-order chi connectivity index (χ0) is 9.97. The molecule has 0 aliphatic carbocycles. The van der Waals surface area contributed by atoms with Crippen LogP contribution in [0.15, 0.2) is 42.1 Å². The van der Waals surface area contributed by atoms with Crippen LogP contribution in [0.1, 0.15) is 19.4 Å². The molecule has 0 saturated carbocycles. The van der Waals surface area contributed by atoms with Gasteiger partial charge >= 0.3 is 0 Å². The Morgan fingerprint density at radius 1 is 1.29 bits per heavy atom. The Bertz CT molecular complexity index is 459. The molecule has 2 aromatic rings. The Morgan fingerprint density at radius 3 is 2.93 bits per heavy atom. The first-order valence-electron chi connectivity index (χ1n) is 4.96. The number of benzene rings is 1. The van der Waals surface area contributed by atoms with Crippen molar-refractivity contribution in [2.24, 2.45) is 0 Å². The van der Waals surface area contributed by atoms with Crippen molar-refractivity contribution in [2.75, 3.05) is 0 Å². The average molecular weight is 185 g/mol. The number of hydrogen-bond donors (Lipinski definition) is 1. The minimum absolute atomic E-state index is 1.03. The Morgan fingerprint density at radius 2 is 2.14 bits per heavy atom. The summed E-state index contributed by atoms with van der Waals surface area (Å²) < 4.78 is 0. The maximum Gasteiger partial charge on any atom is 0.0456 e. The number of aromatic amines is 1. The Labute approximate surface area is 84.5 Å². The van der Waals surface area contributed by atoms with Crippen molar-refractivity contribution in [1.82, 2.24) is 4.98 Å². The van der Waals surface area contributed by atoms with Gasteiger partial charge in [-0.1, -0.05) is 23.8 Å². The molecule has 0 unspecified atom stereocenters. The first-order chi connectivity index (χ1) is 6.77. The highest BCUT2D eigenvalue weighted by Crippen LogP contribution is 2.18. The Balaban J connectivity index is 2.41. The van der Waals surface area contributed by atoms with Gasteiger partial charge < -0.3 is 4.98 Å². The zero-order valence-corrected chi connectivity index (χ0v) is 8.67. The van der Waals surface area contributed by atoms with Gasteiger partial charge in [0, 0.05) is 17.1 Å². The average Bonchev–Trinajstić information content (AvgIpc) is 2.62. The molecule has 0 spiro atoms. The molecule has 1 aromatic heterocycles. The number of allylic oxidation sites excluding steroid dienone is 2. The fourth-order valence-electron chi connectivity index (χ4n) is 1.64. The largest absolute Gasteiger partial charge is 0.361 e. The van der Waals surface area contributed by atoms with Crippen molar-refractivity contribution in [3.8, 4) is 0 Å². The summed E-state index contributed by atoms with van der Waals surface area (Å²) in [5, 5.41) is 1.34. The smallest absolute Gasteiger partial charge is 0.0456 e. The van der Waals surface area contributed by atoms with E-state index in [2.05, 4.69) is 49.2 Å². The molecular weight excluding hydrogens is 170 g/mol. The number of fused-ring (bicyclic) bond motifs is 1. The Hall–Kier alpha value is -1.50. The molecule has 1 heterocycles. The van der Waals surface area contributed by atoms with Crippen LogP contribution in [0, 0.1) is 0 Å². The van der Waals surface area contributed by atoms with Gasteiger partial charge in [0.15, 0.2) is 0 Å². The molecule has 0 bridgehead atoms. The van der Waals surface area contributed by atoms with Crippen molar-refractivity contribution in [3.63, 3.8) is 0 Å². The van der Waals surface area contributed by atoms with Crippen molar-refractivity contribution < 1.29 is 0 Å². The van der Waals surface area contributed by atoms with Gasteiger partial charge in [-0.15, -0.1) is 0 Å². The lowest BCUT2D eigenvalue weighted by atomic mass is 10.1. The van der Waals surface area contributed by atoms with Gasteiger partial charge in [0.05, 0.1) is 0 Å². The summed E-state index contributed by atoms with van der Waals surface area (Å²) in [5.41, 5.74) is 3.99. The van der Waals surface area contributed by atoms with E-state index >= 15 is 0 Å². The highest BCUT2D eigenvalue weighted by Gasteiger charge is 1.98. The summed E-state index contributed by atoms with van der Waals surface area (Å²) >= 11 is 0. The van der Waals surface area contributed by atoms with Crippen molar-refractivity contribution in [1.29, 1.82) is 0 Å². The van der Waals surface area contributed by atoms with E-state index in [9.17, 15) is 0 Å². The molecule has 14 heavy (non-hydrogen) atoms. The molecular formula is C13H15N. The summed E-state index contributed by atoms with van der Waals surface area (Å²) in [6, 6.07) is 8.55. The van der Waals surface area contributed by atoms with E-state index in [1.54, 1.807) is 0 Å². The molecule has 0 amide bonds. The van der Waals surface area contributed by atoms with Gasteiger partial charge in [-0.05, 0) is 38.0 Å². The van der Waals surface area contributed by atoms with Gasteiger partial charge in [0.1, 0.15) is 0 Å². The molecule has 1 heteroatoms. The quantitative estimate of drug-likeness (QED) is 0.687. The van der Waals surface area contributed by atoms with Crippen LogP contribution >= 0.6 is 0 Å². The van der Waals surface area contributed by atoms with E-state index in [0.29, 0.717) is 0 Å². The summed E-state index contributed by atoms with van der Waals surface area (Å²) in [7, 11) is 0. The van der Waals surface area contributed by atoms with Crippen LogP contribution in [0.5, 0.6) is 0 Å². The fourth-order valence-corrected chi connectivity index (χ4v) is 1.64. The molecule has 2 rings (SSSR count). The van der Waals surface area contributed by atoms with Crippen molar-refractivity contribution >= 4 is 10.9 Å². The third-order valence-corrected chi connectivity index (χ3v) is 2.42. The third-order valence-electron chi connectivity index (χ3n) is 2.42. The van der Waals surface area contributed by atoms with E-state index in [1.807, 2.05) is 6.20 Å². The highest BCUT2D eigenvalue weighted by atomic mass is 14.7. The van der Waals surface area contributed by atoms with Crippen LogP contribution in [0.25, 0.3) is 10.9 Å². The number of rotatable bonds is 2. The SMILES string of the molecule is CC(C)=CCc1cccc2[nH]ccc12. The van der Waals surface area contributed by atoms with Crippen LogP contribution in [0.3, 0.4) is 0 Å². The van der Waals surface area contributed by atoms with Crippen molar-refractivity contribution in [3.05, 3.63) is 47.7 Å².